The van der Waals surface area contributed by atoms with Crippen LogP contribution in [0.4, 0.5) is 4.39 Å². The molecule has 94 valence electrons. The number of halogens is 1. The maximum Gasteiger partial charge on any atom is 0.243 e. The molecule has 0 aliphatic carbocycles. The Hall–Kier alpha value is -0.980. The molecule has 0 spiro atoms. The molecule has 0 radical (unpaired) electrons. The lowest BCUT2D eigenvalue weighted by molar-refractivity contribution is -0.651. The minimum Gasteiger partial charge on any atom is -0.345 e. The minimum atomic E-state index is -3.46. The van der Waals surface area contributed by atoms with Gasteiger partial charge in [0.05, 0.1) is 24.5 Å². The third-order valence-electron chi connectivity index (χ3n) is 2.85. The molecular formula is C11H16FN2O2S+. The van der Waals surface area contributed by atoms with E-state index in [1.165, 1.54) is 28.6 Å². The van der Waals surface area contributed by atoms with E-state index >= 15 is 0 Å². The van der Waals surface area contributed by atoms with Gasteiger partial charge in [-0.2, -0.15) is 4.31 Å². The quantitative estimate of drug-likeness (QED) is 0.798. The third kappa shape index (κ3) is 2.83. The summed E-state index contributed by atoms with van der Waals surface area (Å²) in [7, 11) is -3.46. The minimum absolute atomic E-state index is 0.167. The first-order valence-electron chi connectivity index (χ1n) is 5.68. The Bertz CT molecular complexity index is 465. The zero-order chi connectivity index (χ0) is 12.3. The molecule has 1 aromatic carbocycles. The Kier molecular flexibility index (Phi) is 3.76. The molecule has 2 N–H and O–H groups in total. The van der Waals surface area contributed by atoms with Crippen LogP contribution in [0.5, 0.6) is 0 Å². The van der Waals surface area contributed by atoms with E-state index in [0.717, 1.165) is 19.5 Å². The molecule has 2 rings (SSSR count). The zero-order valence-corrected chi connectivity index (χ0v) is 10.3. The SMILES string of the molecule is O=S(=O)(c1ccc(F)cc1)N1CCC[NH2+]CC1. The highest BCUT2D eigenvalue weighted by molar-refractivity contribution is 7.89. The van der Waals surface area contributed by atoms with E-state index < -0.39 is 15.8 Å². The number of nitrogens with two attached hydrogens (primary N) is 1. The summed E-state index contributed by atoms with van der Waals surface area (Å²) in [6.45, 7) is 2.78. The highest BCUT2D eigenvalue weighted by Gasteiger charge is 2.25. The number of nitrogens with zero attached hydrogens (tertiary/aromatic N) is 1. The van der Waals surface area contributed by atoms with Crippen molar-refractivity contribution < 1.29 is 18.1 Å². The van der Waals surface area contributed by atoms with Gasteiger partial charge in [-0.15, -0.1) is 0 Å². The first-order valence-corrected chi connectivity index (χ1v) is 7.12. The number of benzene rings is 1. The van der Waals surface area contributed by atoms with Gasteiger partial charge in [-0.25, -0.2) is 12.8 Å². The Morgan fingerprint density at radius 3 is 2.53 bits per heavy atom. The normalized spacial score (nSPS) is 18.9. The molecule has 1 fully saturated rings. The Morgan fingerprint density at radius 2 is 1.82 bits per heavy atom. The van der Waals surface area contributed by atoms with Crippen molar-refractivity contribution in [2.45, 2.75) is 11.3 Å². The van der Waals surface area contributed by atoms with E-state index in [-0.39, 0.29) is 4.90 Å². The van der Waals surface area contributed by atoms with E-state index in [4.69, 9.17) is 0 Å². The lowest BCUT2D eigenvalue weighted by atomic mass is 10.4. The molecule has 4 nitrogen and oxygen atoms in total. The standard InChI is InChI=1S/C11H15FN2O2S/c12-10-2-4-11(5-3-10)17(15,16)14-8-1-6-13-7-9-14/h2-5,13H,1,6-9H2/p+1. The fourth-order valence-electron chi connectivity index (χ4n) is 1.90. The molecule has 1 aliphatic rings. The van der Waals surface area contributed by atoms with Crippen LogP contribution in [-0.2, 0) is 10.0 Å². The van der Waals surface area contributed by atoms with Crippen molar-refractivity contribution in [2.24, 2.45) is 0 Å². The van der Waals surface area contributed by atoms with Crippen LogP contribution in [-0.4, -0.2) is 38.9 Å². The number of sulfonamides is 1. The summed E-state index contributed by atoms with van der Waals surface area (Å²) in [4.78, 5) is 0.167. The van der Waals surface area contributed by atoms with Crippen LogP contribution in [0.25, 0.3) is 0 Å². The summed E-state index contributed by atoms with van der Waals surface area (Å²) in [6, 6.07) is 4.99. The van der Waals surface area contributed by atoms with Gasteiger partial charge in [-0.1, -0.05) is 0 Å². The fraction of sp³-hybridized carbons (Fsp3) is 0.455. The van der Waals surface area contributed by atoms with Crippen molar-refractivity contribution in [3.63, 3.8) is 0 Å². The number of hydrogen-bond donors (Lipinski definition) is 1. The van der Waals surface area contributed by atoms with Crippen LogP contribution in [0, 0.1) is 5.82 Å². The molecule has 6 heteroatoms. The summed E-state index contributed by atoms with van der Waals surface area (Å²) < 4.78 is 38.7. The van der Waals surface area contributed by atoms with Gasteiger partial charge in [0.2, 0.25) is 10.0 Å². The summed E-state index contributed by atoms with van der Waals surface area (Å²) in [5, 5.41) is 2.11. The largest absolute Gasteiger partial charge is 0.345 e. The smallest absolute Gasteiger partial charge is 0.243 e. The molecule has 0 saturated carbocycles. The van der Waals surface area contributed by atoms with E-state index in [2.05, 4.69) is 5.32 Å². The van der Waals surface area contributed by atoms with Gasteiger partial charge >= 0.3 is 0 Å². The van der Waals surface area contributed by atoms with E-state index in [9.17, 15) is 12.8 Å². The van der Waals surface area contributed by atoms with Crippen molar-refractivity contribution in [1.29, 1.82) is 0 Å². The average Bonchev–Trinajstić information content (AvgIpc) is 2.58. The van der Waals surface area contributed by atoms with Gasteiger partial charge in [-0.05, 0) is 24.3 Å². The van der Waals surface area contributed by atoms with Crippen LogP contribution >= 0.6 is 0 Å². The topological polar surface area (TPSA) is 54.0 Å². The van der Waals surface area contributed by atoms with Crippen molar-refractivity contribution >= 4 is 10.0 Å². The monoisotopic (exact) mass is 259 g/mol. The molecule has 1 aromatic rings. The summed E-state index contributed by atoms with van der Waals surface area (Å²) in [6.07, 6.45) is 0.848. The second-order valence-electron chi connectivity index (χ2n) is 4.08. The van der Waals surface area contributed by atoms with Crippen LogP contribution in [0.1, 0.15) is 6.42 Å². The summed E-state index contributed by atoms with van der Waals surface area (Å²) in [5.41, 5.74) is 0. The highest BCUT2D eigenvalue weighted by Crippen LogP contribution is 2.16. The van der Waals surface area contributed by atoms with Crippen molar-refractivity contribution in [3.8, 4) is 0 Å². The van der Waals surface area contributed by atoms with Crippen LogP contribution < -0.4 is 5.32 Å². The molecule has 0 unspecified atom stereocenters. The molecule has 1 saturated heterocycles. The predicted octanol–water partition coefficient (Wildman–Crippen LogP) is -0.216. The molecule has 0 amide bonds. The number of hydrogen-bond acceptors (Lipinski definition) is 2. The van der Waals surface area contributed by atoms with Crippen LogP contribution in [0.3, 0.4) is 0 Å². The first-order chi connectivity index (χ1) is 8.10. The van der Waals surface area contributed by atoms with Crippen LogP contribution in [0.2, 0.25) is 0 Å². The summed E-state index contributed by atoms with van der Waals surface area (Å²) in [5.74, 6) is -0.423. The van der Waals surface area contributed by atoms with Gasteiger partial charge < -0.3 is 5.32 Å². The first kappa shape index (κ1) is 12.5. The van der Waals surface area contributed by atoms with Gasteiger partial charge in [0.1, 0.15) is 5.82 Å². The second-order valence-corrected chi connectivity index (χ2v) is 6.02. The van der Waals surface area contributed by atoms with E-state index in [1.54, 1.807) is 0 Å². The van der Waals surface area contributed by atoms with E-state index in [0.29, 0.717) is 13.1 Å². The lowest BCUT2D eigenvalue weighted by Crippen LogP contribution is -2.84. The average molecular weight is 259 g/mol. The van der Waals surface area contributed by atoms with Crippen molar-refractivity contribution in [3.05, 3.63) is 30.1 Å². The van der Waals surface area contributed by atoms with Gasteiger partial charge in [-0.3, -0.25) is 0 Å². The molecule has 0 aromatic heterocycles. The third-order valence-corrected chi connectivity index (χ3v) is 4.76. The predicted molar refractivity (Wildman–Crippen MR) is 61.4 cm³/mol. The Morgan fingerprint density at radius 1 is 1.12 bits per heavy atom. The molecule has 1 heterocycles. The second kappa shape index (κ2) is 5.12. The van der Waals surface area contributed by atoms with Gasteiger partial charge in [0, 0.05) is 13.0 Å². The molecule has 0 atom stereocenters. The maximum absolute atomic E-state index is 12.8. The number of quaternary nitrogens is 1. The Balaban J connectivity index is 2.25. The molecule has 17 heavy (non-hydrogen) atoms. The van der Waals surface area contributed by atoms with Crippen molar-refractivity contribution in [2.75, 3.05) is 26.2 Å². The van der Waals surface area contributed by atoms with E-state index in [1.807, 2.05) is 0 Å². The van der Waals surface area contributed by atoms with Crippen molar-refractivity contribution in [1.82, 2.24) is 4.31 Å². The highest BCUT2D eigenvalue weighted by atomic mass is 32.2. The fourth-order valence-corrected chi connectivity index (χ4v) is 3.39. The number of rotatable bonds is 2. The lowest BCUT2D eigenvalue weighted by Gasteiger charge is -2.18. The van der Waals surface area contributed by atoms with Gasteiger partial charge in [0.25, 0.3) is 0 Å². The zero-order valence-electron chi connectivity index (χ0n) is 9.47. The maximum atomic E-state index is 12.8. The van der Waals surface area contributed by atoms with Crippen LogP contribution in [0.15, 0.2) is 29.2 Å². The molecular weight excluding hydrogens is 243 g/mol. The molecule has 1 aliphatic heterocycles. The molecule has 0 bridgehead atoms. The van der Waals surface area contributed by atoms with Gasteiger partial charge in [0.15, 0.2) is 0 Å². The summed E-state index contributed by atoms with van der Waals surface area (Å²) >= 11 is 0. The Labute approximate surface area is 100 Å².